The molecule has 4 N–H and O–H groups in total. The van der Waals surface area contributed by atoms with Crippen LogP contribution in [-0.4, -0.2) is 46.8 Å². The first-order chi connectivity index (χ1) is 12.8. The van der Waals surface area contributed by atoms with Crippen LogP contribution >= 0.6 is 24.4 Å². The summed E-state index contributed by atoms with van der Waals surface area (Å²) in [6.07, 6.45) is 6.81. The van der Waals surface area contributed by atoms with E-state index in [4.69, 9.17) is 5.73 Å². The number of amides is 1. The van der Waals surface area contributed by atoms with Crippen LogP contribution in [0.1, 0.15) is 47.7 Å². The zero-order valence-electron chi connectivity index (χ0n) is 16.1. The second-order valence-electron chi connectivity index (χ2n) is 6.70. The van der Waals surface area contributed by atoms with Gasteiger partial charge in [-0.05, 0) is 48.0 Å². The Balaban J connectivity index is 3.03. The van der Waals surface area contributed by atoms with E-state index in [9.17, 15) is 14.7 Å². The quantitative estimate of drug-likeness (QED) is 0.332. The third-order valence-corrected chi connectivity index (χ3v) is 5.21. The maximum atomic E-state index is 12.8. The van der Waals surface area contributed by atoms with Crippen molar-refractivity contribution in [1.82, 2.24) is 5.32 Å². The molecule has 0 aromatic heterocycles. The summed E-state index contributed by atoms with van der Waals surface area (Å²) in [6.45, 7) is 4.03. The molecule has 0 aliphatic rings. The van der Waals surface area contributed by atoms with Crippen LogP contribution < -0.4 is 11.1 Å². The third-order valence-electron chi connectivity index (χ3n) is 4.15. The van der Waals surface area contributed by atoms with E-state index < -0.39 is 12.0 Å². The SMILES string of the molecule is CSCC[C@H](NC(=O)c1cc(C/C=C/C(N)CS)ccc1C(C)C)C(=O)O. The van der Waals surface area contributed by atoms with E-state index in [1.54, 1.807) is 11.8 Å². The van der Waals surface area contributed by atoms with Crippen LogP contribution in [0.2, 0.25) is 0 Å². The highest BCUT2D eigenvalue weighted by molar-refractivity contribution is 7.98. The molecule has 1 amide bonds. The Hall–Kier alpha value is -1.44. The Bertz CT molecular complexity index is 663. The number of hydrogen-bond acceptors (Lipinski definition) is 5. The van der Waals surface area contributed by atoms with Gasteiger partial charge in [0.05, 0.1) is 0 Å². The fourth-order valence-electron chi connectivity index (χ4n) is 2.60. The average Bonchev–Trinajstić information content (AvgIpc) is 2.64. The minimum atomic E-state index is -1.01. The van der Waals surface area contributed by atoms with Crippen molar-refractivity contribution in [3.63, 3.8) is 0 Å². The summed E-state index contributed by atoms with van der Waals surface area (Å²) in [5.74, 6) is 0.0453. The van der Waals surface area contributed by atoms with E-state index >= 15 is 0 Å². The van der Waals surface area contributed by atoms with Gasteiger partial charge in [-0.25, -0.2) is 4.79 Å². The highest BCUT2D eigenvalue weighted by atomic mass is 32.2. The van der Waals surface area contributed by atoms with Gasteiger partial charge in [-0.3, -0.25) is 4.79 Å². The fraction of sp³-hybridized carbons (Fsp3) is 0.500. The van der Waals surface area contributed by atoms with Crippen molar-refractivity contribution in [2.24, 2.45) is 5.73 Å². The van der Waals surface area contributed by atoms with Crippen LogP contribution in [-0.2, 0) is 11.2 Å². The van der Waals surface area contributed by atoms with Gasteiger partial charge in [0.2, 0.25) is 0 Å². The van der Waals surface area contributed by atoms with Crippen molar-refractivity contribution in [3.05, 3.63) is 47.0 Å². The van der Waals surface area contributed by atoms with Crippen LogP contribution in [0.15, 0.2) is 30.4 Å². The molecule has 1 aromatic carbocycles. The Kier molecular flexibility index (Phi) is 10.6. The Labute approximate surface area is 171 Å². The van der Waals surface area contributed by atoms with E-state index in [0.29, 0.717) is 29.9 Å². The van der Waals surface area contributed by atoms with Gasteiger partial charge in [-0.2, -0.15) is 24.4 Å². The van der Waals surface area contributed by atoms with Crippen molar-refractivity contribution in [1.29, 1.82) is 0 Å². The molecule has 0 heterocycles. The molecule has 1 aromatic rings. The van der Waals surface area contributed by atoms with E-state index in [1.165, 1.54) is 0 Å². The van der Waals surface area contributed by atoms with E-state index in [-0.39, 0.29) is 17.9 Å². The van der Waals surface area contributed by atoms with Gasteiger partial charge < -0.3 is 16.2 Å². The molecule has 7 heteroatoms. The molecule has 0 radical (unpaired) electrons. The van der Waals surface area contributed by atoms with Gasteiger partial charge in [-0.15, -0.1) is 0 Å². The topological polar surface area (TPSA) is 92.4 Å². The normalized spacial score (nSPS) is 13.7. The lowest BCUT2D eigenvalue weighted by Gasteiger charge is -2.18. The number of carbonyl (C=O) groups excluding carboxylic acids is 1. The standard InChI is InChI=1S/C20H30N2O3S2/c1-13(2)16-8-7-14(5-4-6-15(21)12-26)11-17(16)19(23)22-18(20(24)25)9-10-27-3/h4,6-8,11,13,15,18,26H,5,9-10,12,21H2,1-3H3,(H,22,23)(H,24,25)/b6-4+/t15?,18-/m0/s1. The number of benzene rings is 1. The number of carboxylic acids is 1. The predicted octanol–water partition coefficient (Wildman–Crippen LogP) is 3.10. The van der Waals surface area contributed by atoms with Gasteiger partial charge in [0.1, 0.15) is 6.04 Å². The second-order valence-corrected chi connectivity index (χ2v) is 8.05. The molecule has 0 bridgehead atoms. The largest absolute Gasteiger partial charge is 0.480 e. The Morgan fingerprint density at radius 2 is 2.07 bits per heavy atom. The highest BCUT2D eigenvalue weighted by Crippen LogP contribution is 2.22. The maximum Gasteiger partial charge on any atom is 0.326 e. The molecule has 0 saturated carbocycles. The van der Waals surface area contributed by atoms with E-state index in [1.807, 2.05) is 50.5 Å². The minimum absolute atomic E-state index is 0.0983. The summed E-state index contributed by atoms with van der Waals surface area (Å²) in [4.78, 5) is 24.2. The van der Waals surface area contributed by atoms with Gasteiger partial charge >= 0.3 is 5.97 Å². The number of carbonyl (C=O) groups is 2. The zero-order valence-corrected chi connectivity index (χ0v) is 17.9. The van der Waals surface area contributed by atoms with Gasteiger partial charge in [-0.1, -0.05) is 38.1 Å². The number of hydrogen-bond donors (Lipinski definition) is 4. The number of thiol groups is 1. The first kappa shape index (κ1) is 23.6. The summed E-state index contributed by atoms with van der Waals surface area (Å²) < 4.78 is 0. The molecule has 0 aliphatic carbocycles. The molecule has 0 saturated heterocycles. The zero-order chi connectivity index (χ0) is 20.4. The van der Waals surface area contributed by atoms with Gasteiger partial charge in [0.15, 0.2) is 0 Å². The van der Waals surface area contributed by atoms with Crippen LogP contribution in [0.3, 0.4) is 0 Å². The van der Waals surface area contributed by atoms with Gasteiger partial charge in [0.25, 0.3) is 5.91 Å². The molecule has 5 nitrogen and oxygen atoms in total. The molecule has 1 rings (SSSR count). The number of aliphatic carboxylic acids is 1. The van der Waals surface area contributed by atoms with Crippen LogP contribution in [0.4, 0.5) is 0 Å². The fourth-order valence-corrected chi connectivity index (χ4v) is 3.19. The Morgan fingerprint density at radius 3 is 2.63 bits per heavy atom. The van der Waals surface area contributed by atoms with Crippen LogP contribution in [0.5, 0.6) is 0 Å². The number of allylic oxidation sites excluding steroid dienone is 1. The van der Waals surface area contributed by atoms with Crippen molar-refractivity contribution < 1.29 is 14.7 Å². The molecule has 2 atom stereocenters. The third kappa shape index (κ3) is 7.99. The first-order valence-corrected chi connectivity index (χ1v) is 11.0. The number of carboxylic acid groups (broad SMARTS) is 1. The molecule has 0 spiro atoms. The monoisotopic (exact) mass is 410 g/mol. The summed E-state index contributed by atoms with van der Waals surface area (Å²) in [5, 5.41) is 12.0. The number of nitrogens with two attached hydrogens (primary N) is 1. The molecule has 0 aliphatic heterocycles. The molecule has 27 heavy (non-hydrogen) atoms. The highest BCUT2D eigenvalue weighted by Gasteiger charge is 2.22. The summed E-state index contributed by atoms with van der Waals surface area (Å²) in [5.41, 5.74) is 8.23. The number of nitrogens with one attached hydrogen (secondary N) is 1. The van der Waals surface area contributed by atoms with Crippen molar-refractivity contribution >= 4 is 36.3 Å². The molecular weight excluding hydrogens is 380 g/mol. The van der Waals surface area contributed by atoms with Crippen LogP contribution in [0.25, 0.3) is 0 Å². The molecule has 1 unspecified atom stereocenters. The smallest absolute Gasteiger partial charge is 0.326 e. The van der Waals surface area contributed by atoms with Crippen LogP contribution in [0, 0.1) is 0 Å². The van der Waals surface area contributed by atoms with Crippen molar-refractivity contribution in [2.75, 3.05) is 17.8 Å². The Morgan fingerprint density at radius 1 is 1.37 bits per heavy atom. The lowest BCUT2D eigenvalue weighted by molar-refractivity contribution is -0.139. The average molecular weight is 411 g/mol. The molecule has 150 valence electrons. The van der Waals surface area contributed by atoms with Gasteiger partial charge in [0, 0.05) is 17.4 Å². The summed E-state index contributed by atoms with van der Waals surface area (Å²) >= 11 is 5.70. The number of rotatable bonds is 11. The van der Waals surface area contributed by atoms with E-state index in [0.717, 1.165) is 11.1 Å². The minimum Gasteiger partial charge on any atom is -0.480 e. The predicted molar refractivity (Wildman–Crippen MR) is 117 cm³/mol. The number of thioether (sulfide) groups is 1. The van der Waals surface area contributed by atoms with Crippen molar-refractivity contribution in [3.8, 4) is 0 Å². The van der Waals surface area contributed by atoms with E-state index in [2.05, 4.69) is 17.9 Å². The summed E-state index contributed by atoms with van der Waals surface area (Å²) in [6, 6.07) is 4.79. The lowest BCUT2D eigenvalue weighted by atomic mass is 9.93. The molecule has 0 fully saturated rings. The maximum absolute atomic E-state index is 12.8. The van der Waals surface area contributed by atoms with Crippen molar-refractivity contribution in [2.45, 2.75) is 44.7 Å². The molecular formula is C20H30N2O3S2. The lowest BCUT2D eigenvalue weighted by Crippen LogP contribution is -2.41. The second kappa shape index (κ2) is 12.1. The first-order valence-electron chi connectivity index (χ1n) is 8.98. The summed E-state index contributed by atoms with van der Waals surface area (Å²) in [7, 11) is 0.